The summed E-state index contributed by atoms with van der Waals surface area (Å²) in [5.74, 6) is 7.80. The van der Waals surface area contributed by atoms with Crippen molar-refractivity contribution < 1.29 is 9.47 Å². The fourth-order valence-electron chi connectivity index (χ4n) is 2.01. The first-order chi connectivity index (χ1) is 9.45. The van der Waals surface area contributed by atoms with Crippen molar-refractivity contribution in [1.82, 2.24) is 5.32 Å². The van der Waals surface area contributed by atoms with E-state index in [-0.39, 0.29) is 0 Å². The molecule has 102 valence electrons. The Morgan fingerprint density at radius 3 is 2.68 bits per heavy atom. The van der Waals surface area contributed by atoms with Gasteiger partial charge in [0.1, 0.15) is 19.0 Å². The van der Waals surface area contributed by atoms with Crippen molar-refractivity contribution in [2.45, 2.75) is 12.8 Å². The summed E-state index contributed by atoms with van der Waals surface area (Å²) >= 11 is 0. The van der Waals surface area contributed by atoms with Crippen LogP contribution in [0, 0.1) is 17.8 Å². The molecule has 1 N–H and O–H groups in total. The van der Waals surface area contributed by atoms with Gasteiger partial charge in [0.2, 0.25) is 0 Å². The van der Waals surface area contributed by atoms with Crippen molar-refractivity contribution in [2.24, 2.45) is 5.92 Å². The third-order valence-electron chi connectivity index (χ3n) is 3.06. The van der Waals surface area contributed by atoms with Crippen LogP contribution < -0.4 is 10.1 Å². The molecule has 0 radical (unpaired) electrons. The highest BCUT2D eigenvalue weighted by atomic mass is 16.5. The van der Waals surface area contributed by atoms with E-state index in [4.69, 9.17) is 9.47 Å². The first-order valence-electron chi connectivity index (χ1n) is 6.90. The number of benzene rings is 1. The molecule has 0 saturated carbocycles. The molecule has 1 saturated heterocycles. The van der Waals surface area contributed by atoms with Crippen LogP contribution in [-0.4, -0.2) is 32.9 Å². The van der Waals surface area contributed by atoms with Gasteiger partial charge in [-0.3, -0.25) is 0 Å². The van der Waals surface area contributed by atoms with E-state index in [0.717, 1.165) is 31.7 Å². The molecule has 1 aliphatic heterocycles. The minimum atomic E-state index is 0.502. The minimum absolute atomic E-state index is 0.502. The van der Waals surface area contributed by atoms with E-state index >= 15 is 0 Å². The van der Waals surface area contributed by atoms with Gasteiger partial charge in [-0.15, -0.1) is 0 Å². The minimum Gasteiger partial charge on any atom is -0.491 e. The number of ether oxygens (including phenoxy) is 2. The Morgan fingerprint density at radius 2 is 1.89 bits per heavy atom. The lowest BCUT2D eigenvalue weighted by molar-refractivity contribution is 0.124. The fraction of sp³-hybridized carbons (Fsp3) is 0.500. The van der Waals surface area contributed by atoms with E-state index in [1.54, 1.807) is 0 Å². The molecule has 2 rings (SSSR count). The van der Waals surface area contributed by atoms with Crippen LogP contribution in [0.1, 0.15) is 12.8 Å². The molecule has 0 spiro atoms. The zero-order valence-electron chi connectivity index (χ0n) is 11.2. The molecule has 1 aromatic carbocycles. The number of piperidine rings is 1. The maximum atomic E-state index is 5.52. The lowest BCUT2D eigenvalue weighted by Gasteiger charge is -2.17. The van der Waals surface area contributed by atoms with Crippen molar-refractivity contribution in [1.29, 1.82) is 0 Å². The monoisotopic (exact) mass is 259 g/mol. The normalized spacial score (nSPS) is 15.6. The average Bonchev–Trinajstić information content (AvgIpc) is 2.48. The van der Waals surface area contributed by atoms with E-state index in [1.807, 2.05) is 30.3 Å². The summed E-state index contributed by atoms with van der Waals surface area (Å²) in [5, 5.41) is 3.33. The van der Waals surface area contributed by atoms with E-state index in [1.165, 1.54) is 0 Å². The van der Waals surface area contributed by atoms with Crippen molar-refractivity contribution in [3.05, 3.63) is 30.3 Å². The van der Waals surface area contributed by atoms with Crippen molar-refractivity contribution in [3.8, 4) is 17.6 Å². The number of para-hydroxylation sites is 1. The third kappa shape index (κ3) is 5.78. The number of hydrogen-bond acceptors (Lipinski definition) is 3. The van der Waals surface area contributed by atoms with Crippen LogP contribution in [0.5, 0.6) is 5.75 Å². The highest BCUT2D eigenvalue weighted by Crippen LogP contribution is 2.09. The van der Waals surface area contributed by atoms with Gasteiger partial charge in [-0.2, -0.15) is 0 Å². The second-order valence-corrected chi connectivity index (χ2v) is 4.56. The summed E-state index contributed by atoms with van der Waals surface area (Å²) in [4.78, 5) is 0. The topological polar surface area (TPSA) is 30.5 Å². The lowest BCUT2D eigenvalue weighted by Crippen LogP contribution is -2.27. The van der Waals surface area contributed by atoms with Crippen molar-refractivity contribution in [2.75, 3.05) is 32.9 Å². The molecule has 1 heterocycles. The molecule has 1 aliphatic rings. The van der Waals surface area contributed by atoms with E-state index in [9.17, 15) is 0 Å². The first kappa shape index (κ1) is 13.9. The summed E-state index contributed by atoms with van der Waals surface area (Å²) in [7, 11) is 0. The predicted molar refractivity (Wildman–Crippen MR) is 76.1 cm³/mol. The number of nitrogens with one attached hydrogen (secondary N) is 1. The van der Waals surface area contributed by atoms with Gasteiger partial charge in [-0.25, -0.2) is 0 Å². The number of hydrogen-bond donors (Lipinski definition) is 1. The molecular formula is C16H21NO2. The Labute approximate surface area is 115 Å². The third-order valence-corrected chi connectivity index (χ3v) is 3.06. The quantitative estimate of drug-likeness (QED) is 0.649. The van der Waals surface area contributed by atoms with Crippen LogP contribution in [0.3, 0.4) is 0 Å². The summed E-state index contributed by atoms with van der Waals surface area (Å²) in [5.41, 5.74) is 0. The summed E-state index contributed by atoms with van der Waals surface area (Å²) in [6, 6.07) is 9.77. The van der Waals surface area contributed by atoms with Gasteiger partial charge < -0.3 is 14.8 Å². The van der Waals surface area contributed by atoms with Gasteiger partial charge >= 0.3 is 0 Å². The zero-order valence-corrected chi connectivity index (χ0v) is 11.2. The maximum Gasteiger partial charge on any atom is 0.119 e. The van der Waals surface area contributed by atoms with Crippen molar-refractivity contribution in [3.63, 3.8) is 0 Å². The Hall–Kier alpha value is -1.50. The second kappa shape index (κ2) is 8.58. The molecule has 1 fully saturated rings. The predicted octanol–water partition coefficient (Wildman–Crippen LogP) is 2.08. The van der Waals surface area contributed by atoms with Gasteiger partial charge in [-0.05, 0) is 38.1 Å². The number of rotatable bonds is 5. The van der Waals surface area contributed by atoms with Gasteiger partial charge in [0.05, 0.1) is 6.61 Å². The van der Waals surface area contributed by atoms with Crippen LogP contribution in [0.4, 0.5) is 0 Å². The highest BCUT2D eigenvalue weighted by Gasteiger charge is 2.08. The summed E-state index contributed by atoms with van der Waals surface area (Å²) in [6.45, 7) is 3.83. The summed E-state index contributed by atoms with van der Waals surface area (Å²) in [6.07, 6.45) is 2.31. The standard InChI is InChI=1S/C16H21NO2/c1-2-6-16(7-3-1)19-14-13-18-12-4-5-15-8-10-17-11-9-15/h1-3,6-7,15,17H,8-14H2. The van der Waals surface area contributed by atoms with Crippen LogP contribution >= 0.6 is 0 Å². The molecule has 0 aliphatic carbocycles. The Bertz CT molecular complexity index is 402. The SMILES string of the molecule is C(#CC1CCNCC1)COCCOc1ccccc1. The molecule has 3 nitrogen and oxygen atoms in total. The summed E-state index contributed by atoms with van der Waals surface area (Å²) < 4.78 is 11.0. The first-order valence-corrected chi connectivity index (χ1v) is 6.90. The smallest absolute Gasteiger partial charge is 0.119 e. The van der Waals surface area contributed by atoms with Crippen molar-refractivity contribution >= 4 is 0 Å². The Kier molecular flexibility index (Phi) is 6.28. The molecule has 3 heteroatoms. The maximum absolute atomic E-state index is 5.52. The average molecular weight is 259 g/mol. The van der Waals surface area contributed by atoms with E-state index in [2.05, 4.69) is 17.2 Å². The molecule has 0 unspecified atom stereocenters. The van der Waals surface area contributed by atoms with Gasteiger partial charge in [0.15, 0.2) is 0 Å². The highest BCUT2D eigenvalue weighted by molar-refractivity contribution is 5.20. The Balaban J connectivity index is 1.51. The lowest BCUT2D eigenvalue weighted by atomic mass is 9.99. The van der Waals surface area contributed by atoms with Crippen LogP contribution in [0.15, 0.2) is 30.3 Å². The van der Waals surface area contributed by atoms with E-state index < -0.39 is 0 Å². The molecule has 0 amide bonds. The molecule has 1 aromatic rings. The van der Waals surface area contributed by atoms with Crippen LogP contribution in [0.2, 0.25) is 0 Å². The molecule has 0 atom stereocenters. The molecular weight excluding hydrogens is 238 g/mol. The second-order valence-electron chi connectivity index (χ2n) is 4.56. The Morgan fingerprint density at radius 1 is 1.11 bits per heavy atom. The van der Waals surface area contributed by atoms with Gasteiger partial charge in [-0.1, -0.05) is 30.0 Å². The zero-order chi connectivity index (χ0) is 13.2. The molecule has 0 aromatic heterocycles. The molecule has 19 heavy (non-hydrogen) atoms. The van der Waals surface area contributed by atoms with E-state index in [0.29, 0.717) is 25.7 Å². The fourth-order valence-corrected chi connectivity index (χ4v) is 2.01. The molecule has 0 bridgehead atoms. The van der Waals surface area contributed by atoms with Crippen LogP contribution in [0.25, 0.3) is 0 Å². The largest absolute Gasteiger partial charge is 0.491 e. The van der Waals surface area contributed by atoms with Gasteiger partial charge in [0, 0.05) is 5.92 Å². The van der Waals surface area contributed by atoms with Crippen LogP contribution in [-0.2, 0) is 4.74 Å². The van der Waals surface area contributed by atoms with Gasteiger partial charge in [0.25, 0.3) is 0 Å².